The van der Waals surface area contributed by atoms with E-state index in [0.717, 1.165) is 5.56 Å². The zero-order chi connectivity index (χ0) is 20.3. The second kappa shape index (κ2) is 7.97. The van der Waals surface area contributed by atoms with Gasteiger partial charge in [-0.15, -0.1) is 0 Å². The Hall–Kier alpha value is -3.59. The summed E-state index contributed by atoms with van der Waals surface area (Å²) in [4.78, 5) is 35.6. The number of carbonyl (C=O) groups excluding carboxylic acids is 2. The molecule has 28 heavy (non-hydrogen) atoms. The highest BCUT2D eigenvalue weighted by atomic mass is 32.1. The summed E-state index contributed by atoms with van der Waals surface area (Å²) >= 11 is 4.90. The minimum Gasteiger partial charge on any atom is -0.489 e. The van der Waals surface area contributed by atoms with Crippen molar-refractivity contribution in [3.63, 3.8) is 0 Å². The fourth-order valence-corrected chi connectivity index (χ4v) is 2.63. The molecule has 0 bridgehead atoms. The van der Waals surface area contributed by atoms with Crippen LogP contribution < -0.4 is 10.1 Å². The van der Waals surface area contributed by atoms with Crippen molar-refractivity contribution < 1.29 is 19.2 Å². The van der Waals surface area contributed by atoms with Crippen molar-refractivity contribution in [2.75, 3.05) is 7.05 Å². The highest BCUT2D eigenvalue weighted by Crippen LogP contribution is 2.19. The molecule has 3 rings (SSSR count). The molecule has 8 nitrogen and oxygen atoms in total. The molecule has 1 aliphatic rings. The van der Waals surface area contributed by atoms with Gasteiger partial charge in [-0.05, 0) is 53.7 Å². The Morgan fingerprint density at radius 1 is 1.14 bits per heavy atom. The number of nitro benzene ring substituents is 1. The molecule has 142 valence electrons. The fraction of sp³-hybridized carbons (Fsp3) is 0.105. The Morgan fingerprint density at radius 3 is 2.39 bits per heavy atom. The van der Waals surface area contributed by atoms with Gasteiger partial charge in [-0.3, -0.25) is 29.9 Å². The van der Waals surface area contributed by atoms with Crippen LogP contribution in [0.5, 0.6) is 5.75 Å². The lowest BCUT2D eigenvalue weighted by Crippen LogP contribution is -2.52. The molecule has 9 heteroatoms. The van der Waals surface area contributed by atoms with Crippen molar-refractivity contribution in [3.05, 3.63) is 75.3 Å². The van der Waals surface area contributed by atoms with Gasteiger partial charge in [0.15, 0.2) is 5.11 Å². The van der Waals surface area contributed by atoms with Crippen LogP contribution in [0.1, 0.15) is 11.1 Å². The van der Waals surface area contributed by atoms with E-state index in [9.17, 15) is 19.7 Å². The maximum Gasteiger partial charge on any atom is 0.269 e. The summed E-state index contributed by atoms with van der Waals surface area (Å²) in [6.45, 7) is 0.252. The highest BCUT2D eigenvalue weighted by molar-refractivity contribution is 7.80. The van der Waals surface area contributed by atoms with Gasteiger partial charge in [0.05, 0.1) is 4.92 Å². The number of ether oxygens (including phenoxy) is 1. The van der Waals surface area contributed by atoms with E-state index in [2.05, 4.69) is 5.32 Å². The lowest BCUT2D eigenvalue weighted by Gasteiger charge is -2.25. The van der Waals surface area contributed by atoms with Crippen LogP contribution in [0.3, 0.4) is 0 Å². The summed E-state index contributed by atoms with van der Waals surface area (Å²) in [5.41, 5.74) is 1.46. The van der Waals surface area contributed by atoms with Crippen LogP contribution in [0, 0.1) is 10.1 Å². The van der Waals surface area contributed by atoms with Gasteiger partial charge in [-0.25, -0.2) is 0 Å². The molecule has 1 fully saturated rings. The largest absolute Gasteiger partial charge is 0.489 e. The quantitative estimate of drug-likeness (QED) is 0.273. The molecule has 2 amide bonds. The van der Waals surface area contributed by atoms with E-state index in [4.69, 9.17) is 17.0 Å². The Bertz CT molecular complexity index is 984. The zero-order valence-electron chi connectivity index (χ0n) is 14.7. The first kappa shape index (κ1) is 19.2. The summed E-state index contributed by atoms with van der Waals surface area (Å²) in [5.74, 6) is -0.419. The monoisotopic (exact) mass is 397 g/mol. The molecular weight excluding hydrogens is 382 g/mol. The van der Waals surface area contributed by atoms with Crippen LogP contribution in [-0.4, -0.2) is 33.8 Å². The molecule has 0 atom stereocenters. The molecule has 0 aliphatic carbocycles. The maximum atomic E-state index is 12.2. The van der Waals surface area contributed by atoms with Crippen LogP contribution in [0.15, 0.2) is 54.1 Å². The van der Waals surface area contributed by atoms with Gasteiger partial charge in [0.2, 0.25) is 0 Å². The minimum atomic E-state index is -0.536. The van der Waals surface area contributed by atoms with E-state index >= 15 is 0 Å². The van der Waals surface area contributed by atoms with E-state index in [1.165, 1.54) is 30.2 Å². The smallest absolute Gasteiger partial charge is 0.269 e. The third-order valence-electron chi connectivity index (χ3n) is 4.05. The van der Waals surface area contributed by atoms with Gasteiger partial charge in [-0.1, -0.05) is 12.1 Å². The molecule has 1 N–H and O–H groups in total. The fourth-order valence-electron chi connectivity index (χ4n) is 2.45. The first-order valence-corrected chi connectivity index (χ1v) is 8.57. The molecule has 0 radical (unpaired) electrons. The lowest BCUT2D eigenvalue weighted by atomic mass is 10.1. The van der Waals surface area contributed by atoms with Gasteiger partial charge < -0.3 is 4.74 Å². The Labute approximate surface area is 165 Å². The molecule has 1 aliphatic heterocycles. The second-order valence-electron chi connectivity index (χ2n) is 5.96. The molecule has 1 heterocycles. The molecule has 2 aromatic carbocycles. The molecule has 0 spiro atoms. The standard InChI is InChI=1S/C19H15N3O5S/c1-21-18(24)16(17(23)20-19(21)28)10-12-4-8-15(9-5-12)27-11-13-2-6-14(7-3-13)22(25)26/h2-10H,11H2,1H3,(H,20,23,28)/b16-10+. The summed E-state index contributed by atoms with van der Waals surface area (Å²) in [7, 11) is 1.49. The van der Waals surface area contributed by atoms with Crippen molar-refractivity contribution in [2.24, 2.45) is 0 Å². The number of amides is 2. The molecule has 0 unspecified atom stereocenters. The number of benzene rings is 2. The second-order valence-corrected chi connectivity index (χ2v) is 6.35. The number of rotatable bonds is 5. The Morgan fingerprint density at radius 2 is 1.79 bits per heavy atom. The van der Waals surface area contributed by atoms with Gasteiger partial charge in [0.25, 0.3) is 17.5 Å². The Balaban J connectivity index is 1.66. The average molecular weight is 397 g/mol. The van der Waals surface area contributed by atoms with E-state index in [1.54, 1.807) is 36.4 Å². The van der Waals surface area contributed by atoms with Crippen LogP contribution >= 0.6 is 12.2 Å². The first-order valence-electron chi connectivity index (χ1n) is 8.16. The topological polar surface area (TPSA) is 102 Å². The summed E-state index contributed by atoms with van der Waals surface area (Å²) in [6.07, 6.45) is 1.48. The van der Waals surface area contributed by atoms with E-state index in [-0.39, 0.29) is 23.0 Å². The van der Waals surface area contributed by atoms with Crippen molar-refractivity contribution in [1.82, 2.24) is 10.2 Å². The van der Waals surface area contributed by atoms with Crippen LogP contribution in [-0.2, 0) is 16.2 Å². The Kier molecular flexibility index (Phi) is 5.46. The molecule has 0 saturated carbocycles. The van der Waals surface area contributed by atoms with Crippen molar-refractivity contribution in [1.29, 1.82) is 0 Å². The van der Waals surface area contributed by atoms with Gasteiger partial charge >= 0.3 is 0 Å². The van der Waals surface area contributed by atoms with Gasteiger partial charge in [-0.2, -0.15) is 0 Å². The van der Waals surface area contributed by atoms with Crippen LogP contribution in [0.2, 0.25) is 0 Å². The van der Waals surface area contributed by atoms with Crippen LogP contribution in [0.25, 0.3) is 6.08 Å². The summed E-state index contributed by atoms with van der Waals surface area (Å²) in [6, 6.07) is 12.9. The summed E-state index contributed by atoms with van der Waals surface area (Å²) in [5, 5.41) is 13.2. The zero-order valence-corrected chi connectivity index (χ0v) is 15.6. The number of hydrogen-bond donors (Lipinski definition) is 1. The third kappa shape index (κ3) is 4.21. The SMILES string of the molecule is CN1C(=O)/C(=C/c2ccc(OCc3ccc([N+](=O)[O-])cc3)cc2)C(=O)NC1=S. The minimum absolute atomic E-state index is 0.00403. The van der Waals surface area contributed by atoms with Crippen molar-refractivity contribution in [2.45, 2.75) is 6.61 Å². The van der Waals surface area contributed by atoms with E-state index < -0.39 is 16.7 Å². The third-order valence-corrected chi connectivity index (χ3v) is 4.42. The average Bonchev–Trinajstić information content (AvgIpc) is 2.69. The van der Waals surface area contributed by atoms with Gasteiger partial charge in [0.1, 0.15) is 17.9 Å². The number of non-ortho nitro benzene ring substituents is 1. The van der Waals surface area contributed by atoms with E-state index in [1.807, 2.05) is 0 Å². The predicted octanol–water partition coefficient (Wildman–Crippen LogP) is 2.43. The van der Waals surface area contributed by atoms with Gasteiger partial charge in [0, 0.05) is 19.2 Å². The van der Waals surface area contributed by atoms with Crippen molar-refractivity contribution in [3.8, 4) is 5.75 Å². The number of nitro groups is 1. The normalized spacial score (nSPS) is 15.5. The number of likely N-dealkylation sites (N-methyl/N-ethyl adjacent to an activating group) is 1. The number of carbonyl (C=O) groups is 2. The number of nitrogens with zero attached hydrogens (tertiary/aromatic N) is 2. The number of thiocarbonyl (C=S) groups is 1. The number of hydrogen-bond acceptors (Lipinski definition) is 6. The molecular formula is C19H15N3O5S. The van der Waals surface area contributed by atoms with E-state index in [0.29, 0.717) is 11.3 Å². The van der Waals surface area contributed by atoms with Crippen molar-refractivity contribution >= 4 is 40.9 Å². The van der Waals surface area contributed by atoms with Crippen LogP contribution in [0.4, 0.5) is 5.69 Å². The molecule has 0 aromatic heterocycles. The molecule has 1 saturated heterocycles. The molecule has 2 aromatic rings. The summed E-state index contributed by atoms with van der Waals surface area (Å²) < 4.78 is 5.65. The maximum absolute atomic E-state index is 12.2. The predicted molar refractivity (Wildman–Crippen MR) is 105 cm³/mol. The highest BCUT2D eigenvalue weighted by Gasteiger charge is 2.30. The first-order chi connectivity index (χ1) is 13.3. The lowest BCUT2D eigenvalue weighted by molar-refractivity contribution is -0.384. The number of nitrogens with one attached hydrogen (secondary N) is 1.